The fourth-order valence-electron chi connectivity index (χ4n) is 5.49. The second-order valence-corrected chi connectivity index (χ2v) is 9.11. The summed E-state index contributed by atoms with van der Waals surface area (Å²) in [4.78, 5) is 0. The zero-order chi connectivity index (χ0) is 19.8. The van der Waals surface area contributed by atoms with Gasteiger partial charge in [-0.05, 0) is 105 Å². The summed E-state index contributed by atoms with van der Waals surface area (Å²) in [6.07, 6.45) is 16.6. The van der Waals surface area contributed by atoms with Gasteiger partial charge in [-0.15, -0.1) is 0 Å². The van der Waals surface area contributed by atoms with Crippen LogP contribution in [0, 0.1) is 29.1 Å². The molecule has 0 aliphatic heterocycles. The molecule has 0 amide bonds. The van der Waals surface area contributed by atoms with Crippen LogP contribution < -0.4 is 0 Å². The summed E-state index contributed by atoms with van der Waals surface area (Å²) in [6.45, 7) is 2.26. The molecule has 28 heavy (non-hydrogen) atoms. The van der Waals surface area contributed by atoms with E-state index in [0.717, 1.165) is 30.6 Å². The Balaban J connectivity index is 1.43. The third kappa shape index (κ3) is 5.94. The van der Waals surface area contributed by atoms with Crippen molar-refractivity contribution in [3.05, 3.63) is 47.3 Å². The Bertz CT molecular complexity index is 653. The topological polar surface area (TPSA) is 23.8 Å². The maximum atomic E-state index is 13.2. The predicted octanol–water partition coefficient (Wildman–Crippen LogP) is 7.88. The fourth-order valence-corrected chi connectivity index (χ4v) is 5.49. The Morgan fingerprint density at radius 3 is 2.14 bits per heavy atom. The molecule has 0 atom stereocenters. The molecule has 0 bridgehead atoms. The molecule has 0 aromatic heterocycles. The molecule has 1 aromatic rings. The number of nitriles is 1. The molecule has 0 N–H and O–H groups in total. The Morgan fingerprint density at radius 1 is 0.964 bits per heavy atom. The highest BCUT2D eigenvalue weighted by atomic mass is 19.1. The van der Waals surface area contributed by atoms with Crippen molar-refractivity contribution in [2.45, 2.75) is 89.9 Å². The quantitative estimate of drug-likeness (QED) is 0.348. The Kier molecular flexibility index (Phi) is 8.13. The van der Waals surface area contributed by atoms with Crippen LogP contribution in [0.1, 0.15) is 94.6 Å². The van der Waals surface area contributed by atoms with Crippen LogP contribution in [0.3, 0.4) is 0 Å². The lowest BCUT2D eigenvalue weighted by atomic mass is 9.68. The minimum absolute atomic E-state index is 0.281. The molecule has 2 aliphatic carbocycles. The molecule has 0 unspecified atom stereocenters. The third-order valence-electron chi connectivity index (χ3n) is 7.26. The van der Waals surface area contributed by atoms with E-state index in [-0.39, 0.29) is 5.92 Å². The highest BCUT2D eigenvalue weighted by Crippen LogP contribution is 2.44. The second-order valence-electron chi connectivity index (χ2n) is 9.11. The van der Waals surface area contributed by atoms with Crippen LogP contribution in [0.5, 0.6) is 0 Å². The molecule has 0 radical (unpaired) electrons. The molecule has 0 spiro atoms. The lowest BCUT2D eigenvalue weighted by Gasteiger charge is -2.37. The Morgan fingerprint density at radius 2 is 1.57 bits per heavy atom. The van der Waals surface area contributed by atoms with Crippen molar-refractivity contribution in [2.75, 3.05) is 0 Å². The van der Waals surface area contributed by atoms with E-state index in [1.165, 1.54) is 69.8 Å². The van der Waals surface area contributed by atoms with Crippen molar-refractivity contribution in [1.82, 2.24) is 0 Å². The first-order chi connectivity index (χ1) is 13.7. The molecule has 0 heterocycles. The molecule has 2 saturated carbocycles. The lowest BCUT2D eigenvalue weighted by Crippen LogP contribution is -2.25. The molecular weight excluding hydrogens is 345 g/mol. The zero-order valence-electron chi connectivity index (χ0n) is 17.5. The number of allylic oxidation sites excluding steroid dienone is 2. The number of aryl methyl sites for hydroxylation is 1. The third-order valence-corrected chi connectivity index (χ3v) is 7.26. The summed E-state index contributed by atoms with van der Waals surface area (Å²) in [6, 6.07) is 11.1. The number of unbranched alkanes of at least 4 members (excludes halogenated alkanes) is 2. The normalized spacial score (nSPS) is 28.7. The highest BCUT2D eigenvalue weighted by molar-refractivity contribution is 5.26. The monoisotopic (exact) mass is 381 g/mol. The minimum Gasteiger partial charge on any atom is -0.195 e. The van der Waals surface area contributed by atoms with E-state index >= 15 is 0 Å². The number of hydrogen-bond donors (Lipinski definition) is 0. The summed E-state index contributed by atoms with van der Waals surface area (Å²) in [7, 11) is 0. The van der Waals surface area contributed by atoms with Crippen LogP contribution in [0.15, 0.2) is 36.2 Å². The number of halogens is 1. The lowest BCUT2D eigenvalue weighted by molar-refractivity contribution is 0.171. The largest absolute Gasteiger partial charge is 0.196 e. The van der Waals surface area contributed by atoms with Gasteiger partial charge in [0.25, 0.3) is 0 Å². The van der Waals surface area contributed by atoms with Crippen molar-refractivity contribution in [2.24, 2.45) is 17.8 Å². The van der Waals surface area contributed by atoms with Crippen molar-refractivity contribution >= 4 is 0 Å². The summed E-state index contributed by atoms with van der Waals surface area (Å²) in [5.41, 5.74) is 3.03. The molecule has 2 heteroatoms. The van der Waals surface area contributed by atoms with Crippen LogP contribution in [0.4, 0.5) is 4.39 Å². The van der Waals surface area contributed by atoms with Gasteiger partial charge >= 0.3 is 0 Å². The molecule has 1 nitrogen and oxygen atoms in total. The summed E-state index contributed by atoms with van der Waals surface area (Å²) >= 11 is 0. The molecule has 2 aliphatic rings. The minimum atomic E-state index is -0.597. The van der Waals surface area contributed by atoms with E-state index in [1.54, 1.807) is 17.7 Å². The van der Waals surface area contributed by atoms with E-state index in [4.69, 9.17) is 5.26 Å². The van der Waals surface area contributed by atoms with Crippen LogP contribution >= 0.6 is 0 Å². The number of nitrogens with zero attached hydrogens (tertiary/aromatic N) is 1. The highest BCUT2D eigenvalue weighted by Gasteiger charge is 2.31. The first-order valence-corrected chi connectivity index (χ1v) is 11.6. The van der Waals surface area contributed by atoms with Gasteiger partial charge in [-0.3, -0.25) is 0 Å². The van der Waals surface area contributed by atoms with E-state index in [9.17, 15) is 4.39 Å². The molecule has 2 fully saturated rings. The smallest absolute Gasteiger partial charge is 0.195 e. The maximum absolute atomic E-state index is 13.2. The molecular formula is C26H36FN. The summed E-state index contributed by atoms with van der Waals surface area (Å²) in [5, 5.41) is 8.61. The van der Waals surface area contributed by atoms with Gasteiger partial charge in [0.05, 0.1) is 0 Å². The van der Waals surface area contributed by atoms with Crippen molar-refractivity contribution < 1.29 is 4.39 Å². The SMILES string of the molecule is CCCCCc1ccc(C2CCC(C3CCC(/C=C(/F)C#N)CC3)CC2)cc1. The average molecular weight is 382 g/mol. The average Bonchev–Trinajstić information content (AvgIpc) is 2.75. The van der Waals surface area contributed by atoms with Crippen molar-refractivity contribution in [3.8, 4) is 6.07 Å². The zero-order valence-corrected chi connectivity index (χ0v) is 17.5. The first-order valence-electron chi connectivity index (χ1n) is 11.6. The number of rotatable bonds is 7. The fraction of sp³-hybridized carbons (Fsp3) is 0.654. The van der Waals surface area contributed by atoms with Gasteiger partial charge in [0.1, 0.15) is 6.07 Å². The van der Waals surface area contributed by atoms with Crippen molar-refractivity contribution in [1.29, 1.82) is 5.26 Å². The molecule has 152 valence electrons. The van der Waals surface area contributed by atoms with Gasteiger partial charge in [0, 0.05) is 0 Å². The van der Waals surface area contributed by atoms with Crippen LogP contribution in [-0.4, -0.2) is 0 Å². The van der Waals surface area contributed by atoms with Gasteiger partial charge in [-0.1, -0.05) is 44.0 Å². The van der Waals surface area contributed by atoms with Gasteiger partial charge < -0.3 is 0 Å². The second kappa shape index (κ2) is 10.8. The molecule has 0 saturated heterocycles. The number of hydrogen-bond acceptors (Lipinski definition) is 1. The summed E-state index contributed by atoms with van der Waals surface area (Å²) < 4.78 is 13.2. The Labute approximate surface area is 171 Å². The Hall–Kier alpha value is -1.62. The first kappa shape index (κ1) is 21.1. The van der Waals surface area contributed by atoms with Crippen molar-refractivity contribution in [3.63, 3.8) is 0 Å². The number of benzene rings is 1. The molecule has 3 rings (SSSR count). The van der Waals surface area contributed by atoms with Gasteiger partial charge in [0.2, 0.25) is 0 Å². The van der Waals surface area contributed by atoms with Crippen LogP contribution in [-0.2, 0) is 6.42 Å². The van der Waals surface area contributed by atoms with E-state index in [2.05, 4.69) is 31.2 Å². The summed E-state index contributed by atoms with van der Waals surface area (Å²) in [5.74, 6) is 2.10. The van der Waals surface area contributed by atoms with Gasteiger partial charge in [-0.25, -0.2) is 0 Å². The van der Waals surface area contributed by atoms with E-state index in [1.807, 2.05) is 0 Å². The standard InChI is InChI=1S/C26H36FN/c1-2-3-4-5-20-6-10-22(11-7-20)24-14-16-25(17-15-24)23-12-8-21(9-13-23)18-26(27)19-28/h6-7,10-11,18,21,23-25H,2-5,8-9,12-17H2,1H3/b26-18+. The van der Waals surface area contributed by atoms with Gasteiger partial charge in [0.15, 0.2) is 5.83 Å². The molecule has 1 aromatic carbocycles. The van der Waals surface area contributed by atoms with Gasteiger partial charge in [-0.2, -0.15) is 9.65 Å². The van der Waals surface area contributed by atoms with Crippen LogP contribution in [0.2, 0.25) is 0 Å². The van der Waals surface area contributed by atoms with Crippen LogP contribution in [0.25, 0.3) is 0 Å². The predicted molar refractivity (Wildman–Crippen MR) is 115 cm³/mol. The van der Waals surface area contributed by atoms with E-state index < -0.39 is 5.83 Å². The maximum Gasteiger partial charge on any atom is 0.196 e. The van der Waals surface area contributed by atoms with E-state index in [0.29, 0.717) is 0 Å².